The van der Waals surface area contributed by atoms with Gasteiger partial charge in [0, 0.05) is 12.3 Å². The van der Waals surface area contributed by atoms with Gasteiger partial charge in [0.2, 0.25) is 0 Å². The van der Waals surface area contributed by atoms with Crippen LogP contribution in [0.25, 0.3) is 11.0 Å². The maximum absolute atomic E-state index is 11.9. The smallest absolute Gasteiger partial charge is 0.177 e. The van der Waals surface area contributed by atoms with E-state index in [1.807, 2.05) is 6.07 Å². The van der Waals surface area contributed by atoms with Gasteiger partial charge in [-0.05, 0) is 25.0 Å². The van der Waals surface area contributed by atoms with Crippen LogP contribution >= 0.6 is 11.6 Å². The zero-order valence-corrected chi connectivity index (χ0v) is 13.6. The van der Waals surface area contributed by atoms with Crippen molar-refractivity contribution in [2.75, 3.05) is 6.26 Å². The summed E-state index contributed by atoms with van der Waals surface area (Å²) in [6.07, 6.45) is 7.13. The lowest BCUT2D eigenvalue weighted by atomic mass is 9.95. The Morgan fingerprint density at radius 2 is 2.00 bits per heavy atom. The number of alkyl halides is 1. The second kappa shape index (κ2) is 5.61. The number of benzene rings is 1. The molecule has 0 N–H and O–H groups in total. The van der Waals surface area contributed by atoms with Crippen LogP contribution in [0, 0.1) is 0 Å². The Labute approximate surface area is 130 Å². The highest BCUT2D eigenvalue weighted by molar-refractivity contribution is 7.91. The third-order valence-corrected chi connectivity index (χ3v) is 5.58. The number of imidazole rings is 1. The number of nitrogens with zero attached hydrogens (tertiary/aromatic N) is 2. The molecule has 1 aromatic carbocycles. The molecule has 1 aliphatic rings. The van der Waals surface area contributed by atoms with Gasteiger partial charge in [-0.2, -0.15) is 0 Å². The molecule has 4 nitrogen and oxygen atoms in total. The van der Waals surface area contributed by atoms with Gasteiger partial charge < -0.3 is 4.57 Å². The summed E-state index contributed by atoms with van der Waals surface area (Å²) in [6, 6.07) is 5.74. The van der Waals surface area contributed by atoms with Crippen LogP contribution in [-0.2, 0) is 15.7 Å². The lowest BCUT2D eigenvalue weighted by molar-refractivity contribution is 0.354. The molecule has 0 unspecified atom stereocenters. The summed E-state index contributed by atoms with van der Waals surface area (Å²) in [5, 5.41) is 0. The molecule has 114 valence electrons. The zero-order valence-electron chi connectivity index (χ0n) is 12.0. The van der Waals surface area contributed by atoms with Gasteiger partial charge in [-0.3, -0.25) is 0 Å². The Hall–Kier alpha value is -1.07. The van der Waals surface area contributed by atoms with E-state index >= 15 is 0 Å². The van der Waals surface area contributed by atoms with Crippen molar-refractivity contribution >= 4 is 32.5 Å². The van der Waals surface area contributed by atoms with E-state index in [0.29, 0.717) is 22.3 Å². The first-order valence-electron chi connectivity index (χ1n) is 7.28. The van der Waals surface area contributed by atoms with E-state index in [-0.39, 0.29) is 0 Å². The van der Waals surface area contributed by atoms with Gasteiger partial charge >= 0.3 is 0 Å². The van der Waals surface area contributed by atoms with Gasteiger partial charge in [0.15, 0.2) is 9.84 Å². The van der Waals surface area contributed by atoms with Crippen molar-refractivity contribution in [1.82, 2.24) is 9.55 Å². The van der Waals surface area contributed by atoms with E-state index < -0.39 is 9.84 Å². The quantitative estimate of drug-likeness (QED) is 0.808. The minimum Gasteiger partial charge on any atom is -0.324 e. The largest absolute Gasteiger partial charge is 0.324 e. The number of hydrogen-bond acceptors (Lipinski definition) is 3. The second-order valence-corrected chi connectivity index (χ2v) is 7.97. The number of sulfone groups is 1. The SMILES string of the molecule is CS(=O)(=O)c1cccc2c1nc(CCl)n2C1CCCCC1. The van der Waals surface area contributed by atoms with Crippen LogP contribution in [0.1, 0.15) is 44.0 Å². The fourth-order valence-electron chi connectivity index (χ4n) is 3.28. The molecule has 21 heavy (non-hydrogen) atoms. The Kier molecular flexibility index (Phi) is 3.97. The van der Waals surface area contributed by atoms with Crippen LogP contribution in [0.15, 0.2) is 23.1 Å². The number of rotatable bonds is 3. The minimum absolute atomic E-state index is 0.293. The fraction of sp³-hybridized carbons (Fsp3) is 0.533. The zero-order chi connectivity index (χ0) is 15.0. The van der Waals surface area contributed by atoms with Crippen LogP contribution < -0.4 is 0 Å². The summed E-state index contributed by atoms with van der Waals surface area (Å²) >= 11 is 6.06. The normalized spacial score (nSPS) is 17.4. The van der Waals surface area contributed by atoms with E-state index in [1.165, 1.54) is 25.5 Å². The predicted molar refractivity (Wildman–Crippen MR) is 84.5 cm³/mol. The van der Waals surface area contributed by atoms with Crippen molar-refractivity contribution in [3.05, 3.63) is 24.0 Å². The topological polar surface area (TPSA) is 52.0 Å². The average molecular weight is 327 g/mol. The van der Waals surface area contributed by atoms with Gasteiger partial charge in [0.25, 0.3) is 0 Å². The fourth-order valence-corrected chi connectivity index (χ4v) is 4.30. The second-order valence-electron chi connectivity index (χ2n) is 5.72. The monoisotopic (exact) mass is 326 g/mol. The van der Waals surface area contributed by atoms with Crippen molar-refractivity contribution in [2.45, 2.75) is 48.9 Å². The molecule has 1 saturated carbocycles. The Balaban J connectivity index is 2.24. The van der Waals surface area contributed by atoms with Gasteiger partial charge in [-0.1, -0.05) is 25.3 Å². The molecule has 0 saturated heterocycles. The van der Waals surface area contributed by atoms with Gasteiger partial charge in [-0.15, -0.1) is 11.6 Å². The van der Waals surface area contributed by atoms with Crippen LogP contribution in [0.5, 0.6) is 0 Å². The Bertz CT molecular complexity index is 761. The molecular formula is C15H19ClN2O2S. The number of fused-ring (bicyclic) bond motifs is 1. The standard InChI is InChI=1S/C15H19ClN2O2S/c1-21(19,20)13-9-5-8-12-15(13)17-14(10-16)18(12)11-6-3-2-4-7-11/h5,8-9,11H,2-4,6-7,10H2,1H3. The number of para-hydroxylation sites is 1. The van der Waals surface area contributed by atoms with Gasteiger partial charge in [0.05, 0.1) is 16.3 Å². The molecule has 0 spiro atoms. The Morgan fingerprint density at radius 1 is 1.29 bits per heavy atom. The molecular weight excluding hydrogens is 308 g/mol. The highest BCUT2D eigenvalue weighted by Gasteiger charge is 2.23. The highest BCUT2D eigenvalue weighted by Crippen LogP contribution is 2.34. The van der Waals surface area contributed by atoms with E-state index in [1.54, 1.807) is 12.1 Å². The highest BCUT2D eigenvalue weighted by atomic mass is 35.5. The minimum atomic E-state index is -3.29. The summed E-state index contributed by atoms with van der Waals surface area (Å²) in [5.74, 6) is 1.07. The summed E-state index contributed by atoms with van der Waals surface area (Å²) < 4.78 is 26.1. The van der Waals surface area contributed by atoms with Crippen molar-refractivity contribution in [3.63, 3.8) is 0 Å². The molecule has 6 heteroatoms. The number of aromatic nitrogens is 2. The molecule has 1 heterocycles. The molecule has 2 aromatic rings. The molecule has 3 rings (SSSR count). The summed E-state index contributed by atoms with van der Waals surface area (Å²) in [5.41, 5.74) is 1.45. The van der Waals surface area contributed by atoms with Crippen LogP contribution in [0.4, 0.5) is 0 Å². The number of hydrogen-bond donors (Lipinski definition) is 0. The van der Waals surface area contributed by atoms with E-state index in [9.17, 15) is 8.42 Å². The molecule has 0 atom stereocenters. The van der Waals surface area contributed by atoms with Crippen LogP contribution in [0.2, 0.25) is 0 Å². The Morgan fingerprint density at radius 3 is 2.62 bits per heavy atom. The summed E-state index contributed by atoms with van der Waals surface area (Å²) in [4.78, 5) is 4.82. The van der Waals surface area contributed by atoms with Gasteiger partial charge in [-0.25, -0.2) is 13.4 Å². The predicted octanol–water partition coefficient (Wildman–Crippen LogP) is 3.68. The average Bonchev–Trinajstić information content (AvgIpc) is 2.85. The molecule has 1 fully saturated rings. The molecule has 1 aliphatic carbocycles. The third kappa shape index (κ3) is 2.69. The van der Waals surface area contributed by atoms with E-state index in [4.69, 9.17) is 11.6 Å². The van der Waals surface area contributed by atoms with E-state index in [0.717, 1.165) is 24.2 Å². The maximum atomic E-state index is 11.9. The lowest BCUT2D eigenvalue weighted by Gasteiger charge is -2.25. The van der Waals surface area contributed by atoms with Gasteiger partial charge in [0.1, 0.15) is 11.3 Å². The lowest BCUT2D eigenvalue weighted by Crippen LogP contribution is -2.14. The first kappa shape index (κ1) is 14.9. The molecule has 0 radical (unpaired) electrons. The molecule has 0 amide bonds. The van der Waals surface area contributed by atoms with Crippen molar-refractivity contribution in [2.24, 2.45) is 0 Å². The van der Waals surface area contributed by atoms with Crippen molar-refractivity contribution < 1.29 is 8.42 Å². The van der Waals surface area contributed by atoms with E-state index in [2.05, 4.69) is 9.55 Å². The van der Waals surface area contributed by atoms with Crippen molar-refractivity contribution in [3.8, 4) is 0 Å². The number of halogens is 1. The summed E-state index contributed by atoms with van der Waals surface area (Å²) in [6.45, 7) is 0. The molecule has 0 bridgehead atoms. The van der Waals surface area contributed by atoms with Crippen molar-refractivity contribution in [1.29, 1.82) is 0 Å². The van der Waals surface area contributed by atoms with Crippen LogP contribution in [-0.4, -0.2) is 24.2 Å². The molecule has 0 aliphatic heterocycles. The third-order valence-electron chi connectivity index (χ3n) is 4.22. The first-order valence-corrected chi connectivity index (χ1v) is 9.71. The maximum Gasteiger partial charge on any atom is 0.177 e. The molecule has 1 aromatic heterocycles. The van der Waals surface area contributed by atoms with Crippen LogP contribution in [0.3, 0.4) is 0 Å². The first-order chi connectivity index (χ1) is 10.0. The summed E-state index contributed by atoms with van der Waals surface area (Å²) in [7, 11) is -3.29.